The van der Waals surface area contributed by atoms with Gasteiger partial charge in [-0.15, -0.1) is 74.4 Å². The molecule has 0 saturated carbocycles. The monoisotopic (exact) mass is 348 g/mol. The van der Waals surface area contributed by atoms with E-state index in [1.165, 1.54) is 0 Å². The predicted octanol–water partition coefficient (Wildman–Crippen LogP) is 1.66. The molecule has 0 aromatic heterocycles. The first-order chi connectivity index (χ1) is 2.00. The van der Waals surface area contributed by atoms with Gasteiger partial charge < -0.3 is 14.7 Å². The van der Waals surface area contributed by atoms with Crippen molar-refractivity contribution in [1.29, 1.82) is 0 Å². The van der Waals surface area contributed by atoms with Gasteiger partial charge in [-0.3, -0.25) is 0 Å². The molecule has 88 valence electrons. The molecule has 0 fully saturated rings. The zero-order chi connectivity index (χ0) is 4.50. The summed E-state index contributed by atoms with van der Waals surface area (Å²) in [5, 5.41) is 0. The fraction of sp³-hybridized carbons (Fsp3) is 0. The molecule has 0 aromatic carbocycles. The molecule has 3 N–H and O–H groups in total. The minimum Gasteiger partial charge on any atom is -0.303 e. The van der Waals surface area contributed by atoms with Gasteiger partial charge in [0.15, 0.2) is 0 Å². The van der Waals surface area contributed by atoms with Gasteiger partial charge in [0.05, 0.1) is 0 Å². The van der Waals surface area contributed by atoms with Crippen molar-refractivity contribution in [3.05, 3.63) is 0 Å². The lowest BCUT2D eigenvalue weighted by atomic mass is 15.8. The SMILES string of the molecule is Cl.Cl.Cl.Cl.Cl.Cl.O=P(O)(O)O.P. The topological polar surface area (TPSA) is 77.8 Å². The van der Waals surface area contributed by atoms with E-state index < -0.39 is 7.82 Å². The Balaban J connectivity index is -0.00000000381. The quantitative estimate of drug-likeness (QED) is 0.581. The van der Waals surface area contributed by atoms with E-state index in [4.69, 9.17) is 19.2 Å². The van der Waals surface area contributed by atoms with Crippen LogP contribution >= 0.6 is 92.2 Å². The fourth-order valence-electron chi connectivity index (χ4n) is 0. The second kappa shape index (κ2) is 29.2. The van der Waals surface area contributed by atoms with Crippen LogP contribution in [0.25, 0.3) is 0 Å². The lowest BCUT2D eigenvalue weighted by Crippen LogP contribution is -1.66. The number of hydrogen-bond donors (Lipinski definition) is 3. The lowest BCUT2D eigenvalue weighted by Gasteiger charge is -1.82. The van der Waals surface area contributed by atoms with Crippen molar-refractivity contribution in [1.82, 2.24) is 0 Å². The summed E-state index contributed by atoms with van der Waals surface area (Å²) in [7, 11) is -4.64. The molecule has 0 bridgehead atoms. The molecule has 0 spiro atoms. The van der Waals surface area contributed by atoms with Crippen molar-refractivity contribution in [3.63, 3.8) is 0 Å². The molecule has 0 amide bonds. The van der Waals surface area contributed by atoms with Gasteiger partial charge in [-0.05, 0) is 0 Å². The van der Waals surface area contributed by atoms with Crippen LogP contribution in [0.3, 0.4) is 0 Å². The van der Waals surface area contributed by atoms with Crippen LogP contribution in [0, 0.1) is 0 Å². The minimum atomic E-state index is -4.64. The third kappa shape index (κ3) is 301. The fourth-order valence-corrected chi connectivity index (χ4v) is 0. The Morgan fingerprint density at radius 1 is 0.667 bits per heavy atom. The van der Waals surface area contributed by atoms with Crippen LogP contribution in [0.4, 0.5) is 0 Å². The summed E-state index contributed by atoms with van der Waals surface area (Å²) in [4.78, 5) is 21.6. The molecule has 0 rings (SSSR count). The van der Waals surface area contributed by atoms with E-state index in [0.29, 0.717) is 0 Å². The van der Waals surface area contributed by atoms with Crippen LogP contribution in [0.5, 0.6) is 0 Å². The molecule has 1 unspecified atom stereocenters. The second-order valence-corrected chi connectivity index (χ2v) is 1.54. The van der Waals surface area contributed by atoms with Gasteiger partial charge in [0.2, 0.25) is 0 Å². The summed E-state index contributed by atoms with van der Waals surface area (Å²) in [6.07, 6.45) is 0. The third-order valence-electron chi connectivity index (χ3n) is 0. The normalized spacial score (nSPS) is 4.92. The van der Waals surface area contributed by atoms with Gasteiger partial charge in [0.1, 0.15) is 0 Å². The minimum absolute atomic E-state index is 0. The average molecular weight is 351 g/mol. The number of rotatable bonds is 0. The van der Waals surface area contributed by atoms with Gasteiger partial charge in [0, 0.05) is 0 Å². The molecule has 0 radical (unpaired) electrons. The number of hydrogen-bond acceptors (Lipinski definition) is 1. The van der Waals surface area contributed by atoms with Crippen molar-refractivity contribution in [3.8, 4) is 0 Å². The Morgan fingerprint density at radius 3 is 0.667 bits per heavy atom. The first-order valence-corrected chi connectivity index (χ1v) is 2.35. The van der Waals surface area contributed by atoms with E-state index in [2.05, 4.69) is 0 Å². The highest BCUT2D eigenvalue weighted by Gasteiger charge is 2.00. The van der Waals surface area contributed by atoms with E-state index >= 15 is 0 Å². The van der Waals surface area contributed by atoms with Gasteiger partial charge in [-0.25, -0.2) is 4.57 Å². The maximum atomic E-state index is 8.88. The molecule has 0 aliphatic heterocycles. The molecular weight excluding hydrogens is 339 g/mol. The van der Waals surface area contributed by atoms with Crippen molar-refractivity contribution in [2.45, 2.75) is 0 Å². The first-order valence-electron chi connectivity index (χ1n) is 0.783. The number of phosphoric acid groups is 1. The van der Waals surface area contributed by atoms with Crippen LogP contribution in [0.1, 0.15) is 0 Å². The zero-order valence-corrected chi connectivity index (χ0v) is 12.6. The van der Waals surface area contributed by atoms with E-state index in [-0.39, 0.29) is 84.3 Å². The van der Waals surface area contributed by atoms with Crippen LogP contribution in [0.2, 0.25) is 0 Å². The summed E-state index contributed by atoms with van der Waals surface area (Å²) in [5.74, 6) is 0. The van der Waals surface area contributed by atoms with Crippen molar-refractivity contribution >= 4 is 92.2 Å². The highest BCUT2D eigenvalue weighted by atomic mass is 35.5. The van der Waals surface area contributed by atoms with Crippen molar-refractivity contribution in [2.75, 3.05) is 0 Å². The van der Waals surface area contributed by atoms with Gasteiger partial charge in [-0.2, -0.15) is 9.90 Å². The summed E-state index contributed by atoms with van der Waals surface area (Å²) in [6, 6.07) is 0. The maximum Gasteiger partial charge on any atom is 0.466 e. The first kappa shape index (κ1) is 63.9. The van der Waals surface area contributed by atoms with Gasteiger partial charge in [-0.1, -0.05) is 0 Å². The molecule has 12 heteroatoms. The standard InChI is InChI=1S/6ClH.H3O4P.H3P/c;;;;;;1-5(2,3)4;/h6*1H;(H3,1,2,3,4);1H3. The molecular formula is H12Cl6O4P2. The molecule has 0 aliphatic rings. The van der Waals surface area contributed by atoms with Crippen LogP contribution in [-0.4, -0.2) is 14.7 Å². The Kier molecular flexibility index (Phi) is 155. The van der Waals surface area contributed by atoms with E-state index in [1.54, 1.807) is 0 Å². The Morgan fingerprint density at radius 2 is 0.667 bits per heavy atom. The molecule has 0 saturated heterocycles. The third-order valence-corrected chi connectivity index (χ3v) is 0. The summed E-state index contributed by atoms with van der Waals surface area (Å²) in [6.45, 7) is 0. The summed E-state index contributed by atoms with van der Waals surface area (Å²) in [5.41, 5.74) is 0. The van der Waals surface area contributed by atoms with Gasteiger partial charge in [0.25, 0.3) is 0 Å². The average Bonchev–Trinajstić information content (AvgIpc) is 0.722. The van der Waals surface area contributed by atoms with Crippen LogP contribution in [-0.2, 0) is 4.57 Å². The molecule has 0 aromatic rings. The van der Waals surface area contributed by atoms with Gasteiger partial charge >= 0.3 is 7.82 Å². The second-order valence-electron chi connectivity index (χ2n) is 0.513. The van der Waals surface area contributed by atoms with Crippen molar-refractivity contribution in [2.24, 2.45) is 0 Å². The summed E-state index contributed by atoms with van der Waals surface area (Å²) < 4.78 is 8.88. The lowest BCUT2D eigenvalue weighted by molar-refractivity contribution is 0.275. The highest BCUT2D eigenvalue weighted by molar-refractivity contribution is 7.45. The maximum absolute atomic E-state index is 8.88. The Labute approximate surface area is 111 Å². The van der Waals surface area contributed by atoms with E-state index in [0.717, 1.165) is 0 Å². The molecule has 0 heterocycles. The van der Waals surface area contributed by atoms with E-state index in [1.807, 2.05) is 0 Å². The molecule has 12 heavy (non-hydrogen) atoms. The Hall–Kier alpha value is 2.28. The molecule has 4 nitrogen and oxygen atoms in total. The van der Waals surface area contributed by atoms with Crippen LogP contribution in [0.15, 0.2) is 0 Å². The molecule has 0 aliphatic carbocycles. The van der Waals surface area contributed by atoms with Crippen molar-refractivity contribution < 1.29 is 19.2 Å². The zero-order valence-electron chi connectivity index (χ0n) is 5.35. The van der Waals surface area contributed by atoms with Crippen LogP contribution < -0.4 is 0 Å². The molecule has 1 atom stereocenters. The smallest absolute Gasteiger partial charge is 0.303 e. The highest BCUT2D eigenvalue weighted by Crippen LogP contribution is 2.25. The number of halogens is 6. The largest absolute Gasteiger partial charge is 0.466 e. The predicted molar refractivity (Wildman–Crippen MR) is 68.9 cm³/mol. The van der Waals surface area contributed by atoms with E-state index in [9.17, 15) is 0 Å². The summed E-state index contributed by atoms with van der Waals surface area (Å²) >= 11 is 0. The Bertz CT molecular complexity index is 63.7.